The average molecular weight is 1380 g/mol. The summed E-state index contributed by atoms with van der Waals surface area (Å²) < 4.78 is 22.4. The summed E-state index contributed by atoms with van der Waals surface area (Å²) in [5.74, 6) is 7.36. The van der Waals surface area contributed by atoms with Crippen molar-refractivity contribution in [2.24, 2.45) is 71.0 Å². The van der Waals surface area contributed by atoms with Crippen LogP contribution < -0.4 is 10.3 Å². The Morgan fingerprint density at radius 1 is 0.410 bits per heavy atom. The molecule has 2 heterocycles. The van der Waals surface area contributed by atoms with Crippen molar-refractivity contribution in [2.45, 2.75) is 222 Å². The van der Waals surface area contributed by atoms with Crippen LogP contribution in [0.1, 0.15) is 227 Å². The number of aromatic nitrogens is 4. The number of carboxylic acid groups (broad SMARTS) is 1. The minimum Gasteiger partial charge on any atom is -0.478 e. The number of hydrogen-bond acceptors (Lipinski definition) is 15. The highest BCUT2D eigenvalue weighted by molar-refractivity contribution is 5.90. The molecule has 0 unspecified atom stereocenters. The largest absolute Gasteiger partial charge is 0.478 e. The number of rotatable bonds is 15. The number of H-pyrrole nitrogens is 1. The lowest BCUT2D eigenvalue weighted by Gasteiger charge is -2.12. The van der Waals surface area contributed by atoms with Gasteiger partial charge in [0.2, 0.25) is 5.88 Å². The third kappa shape index (κ3) is 29.5. The van der Waals surface area contributed by atoms with Gasteiger partial charge in [0.15, 0.2) is 0 Å². The smallest absolute Gasteiger partial charge is 0.338 e. The molecule has 6 saturated carbocycles. The number of aliphatic hydroxyl groups is 3. The van der Waals surface area contributed by atoms with E-state index in [0.717, 1.165) is 106 Å². The number of esters is 3. The molecule has 6 aromatic rings. The molecule has 0 amide bonds. The lowest BCUT2D eigenvalue weighted by atomic mass is 9.96. The number of carboxylic acids is 1. The molecular weight excluding hydrogens is 1260 g/mol. The third-order valence-electron chi connectivity index (χ3n) is 21.2. The van der Waals surface area contributed by atoms with Crippen molar-refractivity contribution in [1.29, 1.82) is 0 Å². The molecule has 0 spiro atoms. The van der Waals surface area contributed by atoms with Gasteiger partial charge < -0.3 is 44.4 Å². The van der Waals surface area contributed by atoms with Gasteiger partial charge in [0, 0.05) is 31.1 Å². The standard InChI is InChI=1S/2C15H20O2.C14H18O3.C12H18N2O.2C8H16O.C7H6O2.C4H4N2O/c2*1-3-12-10-14(9-11(12)2)17-15(16)13-7-5-4-6-8-13;1-10-7-13(8-12(10)9-15)17-14(16)11-5-3-2-4-6-11;1-3-10-7-11(6-9(10)2)15-12-4-5-13-8-14-12;2*1-3-7-5-8(9)4-6(7)2;8-7(9)6-4-2-1-3-5-6;7-4-1-2-5-3-6-4/h2*4-8,11-12,14H,3,9-10H2,1-2H3;2-6,10,12-13,15H,7-9H2,1H3;4-5,8-11H,3,6-7H2,1-2H3;2*6-9H,3-5H2,1-2H3;1-5H,(H,8,9);1-3H,(H,5,6,7)/t2*11-,12-,14+;10-,12+,13+;9-,10-,11-;6-,7-,8+;6-,7-,8-;;/m000000../s1. The van der Waals surface area contributed by atoms with Gasteiger partial charge in [-0.3, -0.25) is 4.79 Å². The van der Waals surface area contributed by atoms with E-state index in [-0.39, 0.29) is 66.5 Å². The maximum absolute atomic E-state index is 11.9. The Morgan fingerprint density at radius 3 is 0.980 bits per heavy atom. The maximum atomic E-state index is 11.9. The fourth-order valence-electron chi connectivity index (χ4n) is 15.0. The molecule has 6 fully saturated rings. The van der Waals surface area contributed by atoms with Crippen molar-refractivity contribution >= 4 is 23.9 Å². The fraction of sp³-hybridized carbons (Fsp3) is 0.566. The Labute approximate surface area is 596 Å². The molecule has 12 rings (SSSR count). The highest BCUT2D eigenvalue weighted by atomic mass is 16.6. The number of aliphatic hydroxyl groups excluding tert-OH is 3. The van der Waals surface area contributed by atoms with Crippen molar-refractivity contribution in [3.8, 4) is 5.88 Å². The van der Waals surface area contributed by atoms with Crippen LogP contribution in [-0.4, -0.2) is 107 Å². The highest BCUT2D eigenvalue weighted by Crippen LogP contribution is 2.39. The van der Waals surface area contributed by atoms with Gasteiger partial charge in [0.05, 0.1) is 40.8 Å². The molecule has 100 heavy (non-hydrogen) atoms. The zero-order chi connectivity index (χ0) is 72.9. The Bertz CT molecular complexity index is 3040. The summed E-state index contributed by atoms with van der Waals surface area (Å²) in [5, 5.41) is 36.0. The van der Waals surface area contributed by atoms with Crippen molar-refractivity contribution in [3.63, 3.8) is 0 Å². The van der Waals surface area contributed by atoms with Gasteiger partial charge in [0.1, 0.15) is 30.7 Å². The highest BCUT2D eigenvalue weighted by Gasteiger charge is 2.36. The van der Waals surface area contributed by atoms with Crippen LogP contribution >= 0.6 is 0 Å². The normalized spacial score (nSPS) is 28.1. The van der Waals surface area contributed by atoms with Crippen LogP contribution in [0.2, 0.25) is 0 Å². The van der Waals surface area contributed by atoms with Gasteiger partial charge in [-0.25, -0.2) is 34.1 Å². The minimum absolute atomic E-state index is 0.00458. The van der Waals surface area contributed by atoms with Gasteiger partial charge in [-0.15, -0.1) is 0 Å². The van der Waals surface area contributed by atoms with Crippen LogP contribution in [0.3, 0.4) is 0 Å². The average Bonchev–Trinajstić information content (AvgIpc) is 1.73. The maximum Gasteiger partial charge on any atom is 0.338 e. The van der Waals surface area contributed by atoms with Crippen LogP contribution in [0.25, 0.3) is 0 Å². The summed E-state index contributed by atoms with van der Waals surface area (Å²) in [4.78, 5) is 69.9. The van der Waals surface area contributed by atoms with Crippen LogP contribution in [0, 0.1) is 71.0 Å². The molecule has 0 aliphatic heterocycles. The van der Waals surface area contributed by atoms with Gasteiger partial charge in [-0.05, 0) is 197 Å². The number of aromatic carboxylic acids is 1. The number of nitrogens with zero attached hydrogens (tertiary/aromatic N) is 3. The predicted octanol–water partition coefficient (Wildman–Crippen LogP) is 17.0. The van der Waals surface area contributed by atoms with E-state index in [4.69, 9.17) is 29.2 Å². The first-order chi connectivity index (χ1) is 48.1. The molecule has 17 nitrogen and oxygen atoms in total. The Kier molecular flexibility index (Phi) is 37.6. The molecule has 548 valence electrons. The van der Waals surface area contributed by atoms with Crippen molar-refractivity contribution in [3.05, 3.63) is 191 Å². The quantitative estimate of drug-likeness (QED) is 0.0473. The molecule has 0 saturated heterocycles. The van der Waals surface area contributed by atoms with Crippen molar-refractivity contribution in [1.82, 2.24) is 19.9 Å². The molecule has 18 atom stereocenters. The second-order valence-corrected chi connectivity index (χ2v) is 28.5. The molecule has 17 heteroatoms. The lowest BCUT2D eigenvalue weighted by molar-refractivity contribution is 0.0291. The first-order valence-electron chi connectivity index (χ1n) is 37.0. The topological polar surface area (TPSA) is 258 Å². The Balaban J connectivity index is 0.000000210. The van der Waals surface area contributed by atoms with E-state index in [0.29, 0.717) is 63.8 Å². The first-order valence-corrected chi connectivity index (χ1v) is 37.0. The van der Waals surface area contributed by atoms with Gasteiger partial charge in [-0.1, -0.05) is 181 Å². The van der Waals surface area contributed by atoms with Crippen LogP contribution in [0.5, 0.6) is 5.88 Å². The molecule has 6 aliphatic carbocycles. The van der Waals surface area contributed by atoms with E-state index in [1.54, 1.807) is 72.9 Å². The van der Waals surface area contributed by atoms with E-state index in [9.17, 15) is 34.2 Å². The molecule has 2 aromatic heterocycles. The zero-order valence-corrected chi connectivity index (χ0v) is 61.4. The lowest BCUT2D eigenvalue weighted by Crippen LogP contribution is -2.15. The number of carbonyl (C=O) groups is 4. The number of ether oxygens (including phenoxy) is 4. The summed E-state index contributed by atoms with van der Waals surface area (Å²) in [6, 6.07) is 39.0. The van der Waals surface area contributed by atoms with E-state index in [1.165, 1.54) is 63.4 Å². The summed E-state index contributed by atoms with van der Waals surface area (Å²) in [5.41, 5.74) is 2.11. The van der Waals surface area contributed by atoms with E-state index < -0.39 is 5.97 Å². The molecule has 4 aromatic carbocycles. The van der Waals surface area contributed by atoms with E-state index in [2.05, 4.69) is 96.1 Å². The Morgan fingerprint density at radius 2 is 0.730 bits per heavy atom. The van der Waals surface area contributed by atoms with E-state index >= 15 is 0 Å². The van der Waals surface area contributed by atoms with Gasteiger partial charge in [0.25, 0.3) is 5.56 Å². The summed E-state index contributed by atoms with van der Waals surface area (Å²) in [6.45, 7) is 24.7. The molecule has 0 radical (unpaired) electrons. The van der Waals surface area contributed by atoms with Crippen LogP contribution in [-0.2, 0) is 14.2 Å². The Hall–Kier alpha value is -7.60. The molecule has 6 aliphatic rings. The van der Waals surface area contributed by atoms with Crippen molar-refractivity contribution in [2.75, 3.05) is 6.61 Å². The molecule has 0 bridgehead atoms. The number of hydrogen-bond donors (Lipinski definition) is 5. The monoisotopic (exact) mass is 1380 g/mol. The summed E-state index contributed by atoms with van der Waals surface area (Å²) in [6.07, 6.45) is 24.8. The fourth-order valence-corrected chi connectivity index (χ4v) is 15.0. The second-order valence-electron chi connectivity index (χ2n) is 28.5. The number of carbonyl (C=O) groups excluding carboxylic acids is 3. The second kappa shape index (κ2) is 45.3. The number of benzene rings is 4. The minimum atomic E-state index is -0.879. The van der Waals surface area contributed by atoms with Crippen LogP contribution in [0.15, 0.2) is 163 Å². The molecular formula is C83H118N4O13. The number of nitrogens with one attached hydrogen (secondary N) is 1. The third-order valence-corrected chi connectivity index (χ3v) is 21.2. The summed E-state index contributed by atoms with van der Waals surface area (Å²) >= 11 is 0. The molecule has 5 N–H and O–H groups in total. The van der Waals surface area contributed by atoms with Gasteiger partial charge in [-0.2, -0.15) is 0 Å². The predicted molar refractivity (Wildman–Crippen MR) is 394 cm³/mol. The summed E-state index contributed by atoms with van der Waals surface area (Å²) in [7, 11) is 0. The first kappa shape index (κ1) is 83.1. The SMILES string of the molecule is CC[C@H]1C[C@@H](O)C[C@@H]1C.CC[C@H]1C[C@@H](Oc2ccncn2)C[C@@H]1C.CC[C@H]1C[C@H](O)C[C@@H]1C.CC[C@H]1C[C@H](OC(=O)c2ccccc2)C[C@@H]1C.CC[C@H]1C[C@H](OC(=O)c2ccccc2)C[C@@H]1C.C[C@H]1C[C@@H](OC(=O)c2ccccc2)C[C@@H]1CO.O=C(O)c1ccccc1.O=c1ccnc[nH]1. The zero-order valence-electron chi connectivity index (χ0n) is 61.4. The van der Waals surface area contributed by atoms with E-state index in [1.807, 2.05) is 60.7 Å². The van der Waals surface area contributed by atoms with Crippen LogP contribution in [0.4, 0.5) is 0 Å². The number of aromatic amines is 1. The van der Waals surface area contributed by atoms with Crippen molar-refractivity contribution < 1.29 is 58.6 Å². The van der Waals surface area contributed by atoms with Gasteiger partial charge >= 0.3 is 23.9 Å².